The van der Waals surface area contributed by atoms with Gasteiger partial charge in [0.05, 0.1) is 25.2 Å². The Balaban J connectivity index is 4.70. The molecule has 6 heteroatoms. The van der Waals surface area contributed by atoms with Gasteiger partial charge in [0.15, 0.2) is 0 Å². The van der Waals surface area contributed by atoms with Crippen LogP contribution in [0.4, 0.5) is 0 Å². The molecule has 3 unspecified atom stereocenters. The van der Waals surface area contributed by atoms with Gasteiger partial charge in [0.25, 0.3) is 0 Å². The predicted octanol–water partition coefficient (Wildman–Crippen LogP) is 17.9. The first-order chi connectivity index (χ1) is 33.5. The maximum Gasteiger partial charge on any atom is 0.306 e. The van der Waals surface area contributed by atoms with Crippen molar-refractivity contribution in [2.45, 2.75) is 289 Å². The summed E-state index contributed by atoms with van der Waals surface area (Å²) in [5.41, 5.74) is 0. The molecule has 1 amide bonds. The fourth-order valence-electron chi connectivity index (χ4n) is 8.35. The van der Waals surface area contributed by atoms with Crippen LogP contribution in [0, 0.1) is 0 Å². The van der Waals surface area contributed by atoms with Crippen molar-refractivity contribution in [3.8, 4) is 0 Å². The van der Waals surface area contributed by atoms with Crippen molar-refractivity contribution >= 4 is 11.9 Å². The molecule has 0 fully saturated rings. The minimum Gasteiger partial charge on any atom is -0.461 e. The summed E-state index contributed by atoms with van der Waals surface area (Å²) in [6, 6.07) is -0.740. The minimum absolute atomic E-state index is 0.00977. The van der Waals surface area contributed by atoms with Crippen LogP contribution in [0.25, 0.3) is 0 Å². The fourth-order valence-corrected chi connectivity index (χ4v) is 8.35. The van der Waals surface area contributed by atoms with E-state index in [0.717, 1.165) is 83.5 Å². The molecule has 0 bridgehead atoms. The second-order valence-electron chi connectivity index (χ2n) is 19.4. The molecular weight excluding hydrogens is 839 g/mol. The summed E-state index contributed by atoms with van der Waals surface area (Å²) in [5.74, 6) is -0.598. The molecular formula is C62H109NO5. The molecule has 6 nitrogen and oxygen atoms in total. The van der Waals surface area contributed by atoms with Gasteiger partial charge < -0.3 is 20.3 Å². The molecule has 0 aromatic carbocycles. The SMILES string of the molecule is CCCCC/C=C\C/C=C\C/C=C\C/C=C\CC(CC(=O)NC(CO)C(O)CCCCCCCCCCCCCCCCCC)OC(=O)CCCCCCC/C=C/C=C/C=C/CCCCCCC. The number of esters is 1. The zero-order valence-electron chi connectivity index (χ0n) is 44.7. The van der Waals surface area contributed by atoms with E-state index in [1.165, 1.54) is 141 Å². The largest absolute Gasteiger partial charge is 0.461 e. The number of ether oxygens (including phenoxy) is 1. The second-order valence-corrected chi connectivity index (χ2v) is 19.4. The Hall–Kier alpha value is -2.96. The number of aliphatic hydroxyl groups excluding tert-OH is 2. The molecule has 0 rings (SSSR count). The Morgan fingerprint density at radius 3 is 1.32 bits per heavy atom. The summed E-state index contributed by atoms with van der Waals surface area (Å²) in [4.78, 5) is 26.2. The topological polar surface area (TPSA) is 95.9 Å². The monoisotopic (exact) mass is 948 g/mol. The summed E-state index contributed by atoms with van der Waals surface area (Å²) in [7, 11) is 0. The Labute approximate surface area is 421 Å². The zero-order chi connectivity index (χ0) is 49.5. The van der Waals surface area contributed by atoms with E-state index in [1.54, 1.807) is 0 Å². The van der Waals surface area contributed by atoms with Crippen LogP contribution in [0.5, 0.6) is 0 Å². The summed E-state index contributed by atoms with van der Waals surface area (Å²) < 4.78 is 5.88. The van der Waals surface area contributed by atoms with Gasteiger partial charge in [-0.1, -0.05) is 266 Å². The second kappa shape index (κ2) is 55.0. The number of hydrogen-bond acceptors (Lipinski definition) is 5. The highest BCUT2D eigenvalue weighted by molar-refractivity contribution is 5.77. The van der Waals surface area contributed by atoms with Crippen LogP contribution in [-0.2, 0) is 14.3 Å². The number of amides is 1. The number of unbranched alkanes of at least 4 members (excludes halogenated alkanes) is 28. The lowest BCUT2D eigenvalue weighted by atomic mass is 10.0. The fraction of sp³-hybridized carbons (Fsp3) is 0.742. The normalized spacial score (nSPS) is 13.8. The standard InChI is InChI=1S/C62H109NO5/c1-4-7-10-13-16-19-22-25-28-30-31-34-37-40-43-46-49-52-55-62(67)68-58(53-50-47-44-41-38-35-32-27-24-21-18-15-12-9-6-3)56-61(66)63-59(57-64)60(65)54-51-48-45-42-39-36-33-29-26-23-20-17-14-11-8-5-2/h18,21-22,25,27-28,30-32,34,38,41,47,50,58-60,64-65H,4-17,19-20,23-24,26,29,33,35-37,39-40,42-46,48-49,51-57H2,1-3H3,(H,63,66)/b21-18-,25-22+,30-28+,32-27-,34-31+,41-38-,50-47-. The van der Waals surface area contributed by atoms with Crippen molar-refractivity contribution in [2.75, 3.05) is 6.61 Å². The van der Waals surface area contributed by atoms with Crippen molar-refractivity contribution in [3.05, 3.63) is 85.1 Å². The molecule has 3 N–H and O–H groups in total. The molecule has 0 heterocycles. The first-order valence-electron chi connectivity index (χ1n) is 28.8. The smallest absolute Gasteiger partial charge is 0.306 e. The van der Waals surface area contributed by atoms with E-state index < -0.39 is 18.2 Å². The first kappa shape index (κ1) is 65.0. The number of carbonyl (C=O) groups is 2. The van der Waals surface area contributed by atoms with Gasteiger partial charge in [-0.05, 0) is 70.6 Å². The molecule has 0 aromatic rings. The molecule has 3 atom stereocenters. The molecule has 392 valence electrons. The summed E-state index contributed by atoms with van der Waals surface area (Å²) in [6.07, 6.45) is 72.3. The third-order valence-electron chi connectivity index (χ3n) is 12.8. The van der Waals surface area contributed by atoms with Gasteiger partial charge in [-0.25, -0.2) is 0 Å². The molecule has 0 aliphatic heterocycles. The van der Waals surface area contributed by atoms with Crippen molar-refractivity contribution in [2.24, 2.45) is 0 Å². The van der Waals surface area contributed by atoms with Gasteiger partial charge >= 0.3 is 5.97 Å². The van der Waals surface area contributed by atoms with Crippen LogP contribution in [0.3, 0.4) is 0 Å². The van der Waals surface area contributed by atoms with E-state index in [9.17, 15) is 19.8 Å². The van der Waals surface area contributed by atoms with Crippen LogP contribution < -0.4 is 5.32 Å². The third kappa shape index (κ3) is 49.5. The predicted molar refractivity (Wildman–Crippen MR) is 296 cm³/mol. The average Bonchev–Trinajstić information content (AvgIpc) is 3.33. The molecule has 0 saturated heterocycles. The molecule has 0 aromatic heterocycles. The highest BCUT2D eigenvalue weighted by atomic mass is 16.5. The van der Waals surface area contributed by atoms with Crippen LogP contribution in [0.1, 0.15) is 271 Å². The van der Waals surface area contributed by atoms with Crippen LogP contribution in [0.15, 0.2) is 85.1 Å². The molecule has 0 spiro atoms. The van der Waals surface area contributed by atoms with E-state index >= 15 is 0 Å². The molecule has 0 aliphatic carbocycles. The van der Waals surface area contributed by atoms with Gasteiger partial charge in [0, 0.05) is 12.8 Å². The van der Waals surface area contributed by atoms with Gasteiger partial charge in [-0.3, -0.25) is 9.59 Å². The van der Waals surface area contributed by atoms with E-state index in [2.05, 4.69) is 105 Å². The number of rotatable bonds is 51. The summed E-state index contributed by atoms with van der Waals surface area (Å²) >= 11 is 0. The third-order valence-corrected chi connectivity index (χ3v) is 12.8. The first-order valence-corrected chi connectivity index (χ1v) is 28.8. The number of nitrogens with one attached hydrogen (secondary N) is 1. The van der Waals surface area contributed by atoms with Gasteiger partial charge in [0.1, 0.15) is 6.10 Å². The maximum atomic E-state index is 13.2. The van der Waals surface area contributed by atoms with E-state index in [-0.39, 0.29) is 24.9 Å². The van der Waals surface area contributed by atoms with Crippen molar-refractivity contribution in [1.82, 2.24) is 5.32 Å². The number of allylic oxidation sites excluding steroid dienone is 13. The molecule has 0 radical (unpaired) electrons. The van der Waals surface area contributed by atoms with Crippen molar-refractivity contribution < 1.29 is 24.5 Å². The van der Waals surface area contributed by atoms with E-state index in [4.69, 9.17) is 4.74 Å². The van der Waals surface area contributed by atoms with E-state index in [1.807, 2.05) is 6.08 Å². The van der Waals surface area contributed by atoms with Crippen LogP contribution in [0.2, 0.25) is 0 Å². The lowest BCUT2D eigenvalue weighted by Gasteiger charge is -2.24. The lowest BCUT2D eigenvalue weighted by Crippen LogP contribution is -2.46. The molecule has 68 heavy (non-hydrogen) atoms. The number of aliphatic hydroxyl groups is 2. The number of carbonyl (C=O) groups excluding carboxylic acids is 2. The van der Waals surface area contributed by atoms with Crippen LogP contribution >= 0.6 is 0 Å². The van der Waals surface area contributed by atoms with Crippen LogP contribution in [-0.4, -0.2) is 46.9 Å². The van der Waals surface area contributed by atoms with E-state index in [0.29, 0.717) is 19.3 Å². The Morgan fingerprint density at radius 1 is 0.456 bits per heavy atom. The number of hydrogen-bond donors (Lipinski definition) is 3. The zero-order valence-corrected chi connectivity index (χ0v) is 44.7. The molecule has 0 aliphatic rings. The quantitative estimate of drug-likeness (QED) is 0.0244. The average molecular weight is 949 g/mol. The summed E-state index contributed by atoms with van der Waals surface area (Å²) in [6.45, 7) is 6.43. The van der Waals surface area contributed by atoms with Crippen molar-refractivity contribution in [1.29, 1.82) is 0 Å². The summed E-state index contributed by atoms with van der Waals surface area (Å²) in [5, 5.41) is 23.8. The minimum atomic E-state index is -0.819. The highest BCUT2D eigenvalue weighted by Gasteiger charge is 2.23. The lowest BCUT2D eigenvalue weighted by molar-refractivity contribution is -0.150. The Kier molecular flexibility index (Phi) is 52.6. The highest BCUT2D eigenvalue weighted by Crippen LogP contribution is 2.17. The van der Waals surface area contributed by atoms with Gasteiger partial charge in [0.2, 0.25) is 5.91 Å². The van der Waals surface area contributed by atoms with Crippen molar-refractivity contribution in [3.63, 3.8) is 0 Å². The van der Waals surface area contributed by atoms with Gasteiger partial charge in [-0.2, -0.15) is 0 Å². The maximum absolute atomic E-state index is 13.2. The Morgan fingerprint density at radius 2 is 0.838 bits per heavy atom. The molecule has 0 saturated carbocycles. The van der Waals surface area contributed by atoms with Gasteiger partial charge in [-0.15, -0.1) is 0 Å². The Bertz CT molecular complexity index is 1290.